The van der Waals surface area contributed by atoms with Crippen molar-refractivity contribution < 1.29 is 98.3 Å². The van der Waals surface area contributed by atoms with Gasteiger partial charge in [-0.05, 0) is 269 Å². The normalized spacial score (nSPS) is 38.2. The summed E-state index contributed by atoms with van der Waals surface area (Å²) in [7, 11) is 8.95. The Kier molecular flexibility index (Phi) is 37.8. The summed E-state index contributed by atoms with van der Waals surface area (Å²) < 4.78 is 75.8. The molecule has 3 aromatic rings. The van der Waals surface area contributed by atoms with E-state index in [2.05, 4.69) is 172 Å². The first kappa shape index (κ1) is 110. The number of aliphatic hydroxyl groups is 3. The van der Waals surface area contributed by atoms with Gasteiger partial charge in [-0.2, -0.15) is 0 Å². The average Bonchev–Trinajstić information content (AvgIpc) is 1.51. The van der Waals surface area contributed by atoms with Crippen molar-refractivity contribution >= 4 is 59.5 Å². The van der Waals surface area contributed by atoms with Crippen molar-refractivity contribution in [2.75, 3.05) is 94.4 Å². The van der Waals surface area contributed by atoms with Crippen molar-refractivity contribution in [1.29, 1.82) is 0 Å². The summed E-state index contributed by atoms with van der Waals surface area (Å²) in [5.74, 6) is 11.3. The molecule has 0 aromatic heterocycles. The molecule has 4 aliphatic heterocycles. The summed E-state index contributed by atoms with van der Waals surface area (Å²) >= 11 is 7.81. The molecule has 4 heterocycles. The van der Waals surface area contributed by atoms with Gasteiger partial charge in [-0.1, -0.05) is 153 Å². The number of thiol groups is 1. The van der Waals surface area contributed by atoms with Gasteiger partial charge in [-0.3, -0.25) is 9.18 Å². The summed E-state index contributed by atoms with van der Waals surface area (Å²) in [6, 6.07) is 17.1. The van der Waals surface area contributed by atoms with Gasteiger partial charge in [0.1, 0.15) is 34.5 Å². The first-order valence-electron chi connectivity index (χ1n) is 49.0. The zero-order chi connectivity index (χ0) is 95.3. The number of epoxide rings is 3. The fourth-order valence-electron chi connectivity index (χ4n) is 29.0. The number of thioether (sulfide) groups is 2. The topological polar surface area (TPSA) is 238 Å². The molecule has 0 bridgehead atoms. The van der Waals surface area contributed by atoms with Crippen molar-refractivity contribution in [2.24, 2.45) is 118 Å². The van der Waals surface area contributed by atoms with Gasteiger partial charge in [0.25, 0.3) is 0 Å². The Hall–Kier alpha value is -3.19. The van der Waals surface area contributed by atoms with Crippen molar-refractivity contribution in [3.63, 3.8) is 0 Å². The van der Waals surface area contributed by atoms with Crippen molar-refractivity contribution in [1.82, 2.24) is 0 Å². The van der Waals surface area contributed by atoms with E-state index in [9.17, 15) is 24.5 Å². The van der Waals surface area contributed by atoms with Gasteiger partial charge >= 0.3 is 24.8 Å². The van der Waals surface area contributed by atoms with Crippen LogP contribution < -0.4 is 47.3 Å². The Labute approximate surface area is 823 Å². The number of hydrogen-bond acceptors (Lipinski definition) is 19. The number of esters is 1. The number of carbonyl (C=O) groups is 1. The van der Waals surface area contributed by atoms with Crippen LogP contribution in [-0.4, -0.2) is 180 Å². The van der Waals surface area contributed by atoms with Crippen LogP contribution >= 0.6 is 36.2 Å². The van der Waals surface area contributed by atoms with Crippen LogP contribution in [0.4, 0.5) is 4.39 Å². The quantitative estimate of drug-likeness (QED) is 0.0113. The SMILES string of the molecule is C1CCOC1.CC(=O)OC[C@H]1C(C)=CC[C@H]2C(C)(C)CCC[C@]12C.CC1(C)CCC[C@]2(C)[C@@H](CO)[C@@]3(C)O[C@H]3C[C@@H]12.CC1(C)CCC[C@]2(C)[C@@H](CO)[C@]3(C)O[C@@H]3C[C@@H]12.COc1cc(OC)cc(SC[C@@H]2[C@@]3(C)CCCC(C)(C)[C@@H]3C[C@@H]3O[C@@]32C)c1.COc1cc(OC)cc(SC[C@H]2[C@@](C)(O)[C@H](N=[N+]=[N-])C[C@H]3C(C)(C)CCC[C@@]32C)c1.COc1cc(S)cc(OC)c1.[2H]CF.[AlH3].[H-].[Li+]. The summed E-state index contributed by atoms with van der Waals surface area (Å²) in [5.41, 5.74) is 12.5. The van der Waals surface area contributed by atoms with Gasteiger partial charge in [0.15, 0.2) is 17.4 Å². The van der Waals surface area contributed by atoms with Crippen LogP contribution in [0.5, 0.6) is 34.5 Å². The maximum absolute atomic E-state index is 11.7. The zero-order valence-electron chi connectivity index (χ0n) is 86.8. The second-order valence-electron chi connectivity index (χ2n) is 46.0. The number of azide groups is 1. The number of aliphatic hydroxyl groups excluding tert-OH is 2. The molecular formula is C106H174AlFLiN3O15S3. The van der Waals surface area contributed by atoms with E-state index in [4.69, 9.17) is 59.0 Å². The van der Waals surface area contributed by atoms with Crippen molar-refractivity contribution in [3.8, 4) is 34.5 Å². The summed E-state index contributed by atoms with van der Waals surface area (Å²) in [6.45, 7) is 51.7. The van der Waals surface area contributed by atoms with Gasteiger partial charge in [0.05, 0.1) is 105 Å². The van der Waals surface area contributed by atoms with Crippen molar-refractivity contribution in [3.05, 3.63) is 76.7 Å². The second-order valence-corrected chi connectivity index (χ2v) is 48.7. The maximum Gasteiger partial charge on any atom is 1.00 e. The number of methoxy groups -OCH3 is 6. The number of hydrogen-bond donors (Lipinski definition) is 4. The maximum atomic E-state index is 11.7. The van der Waals surface area contributed by atoms with E-state index in [-0.39, 0.29) is 107 Å². The predicted molar refractivity (Wildman–Crippen MR) is 530 cm³/mol. The van der Waals surface area contributed by atoms with E-state index < -0.39 is 18.8 Å². The zero-order valence-corrected chi connectivity index (χ0v) is 87.3. The van der Waals surface area contributed by atoms with Gasteiger partial charge in [0, 0.05) is 112 Å². The minimum atomic E-state index is -1.05. The second kappa shape index (κ2) is 44.5. The smallest absolute Gasteiger partial charge is 1.00 e. The number of nitrogens with zero attached hydrogens (tertiary/aromatic N) is 3. The number of allylic oxidation sites excluding steroid dienone is 1. The number of alkyl halides is 1. The molecule has 732 valence electrons. The molecule has 0 amide bonds. The molecule has 0 radical (unpaired) electrons. The van der Waals surface area contributed by atoms with E-state index in [0.29, 0.717) is 99.3 Å². The Balaban J connectivity index is 0.000000216. The Morgan fingerprint density at radius 3 is 1.13 bits per heavy atom. The van der Waals surface area contributed by atoms with Crippen LogP contribution in [0.1, 0.15) is 289 Å². The van der Waals surface area contributed by atoms with E-state index in [1.807, 2.05) is 55.1 Å². The fourth-order valence-corrected chi connectivity index (χ4v) is 32.2. The number of benzene rings is 3. The summed E-state index contributed by atoms with van der Waals surface area (Å²) in [4.78, 5) is 17.3. The molecule has 24 heteroatoms. The minimum absolute atomic E-state index is 0. The van der Waals surface area contributed by atoms with Gasteiger partial charge in [-0.15, -0.1) is 36.2 Å². The number of ether oxygens (including phenoxy) is 11. The Bertz CT molecular complexity index is 4180. The van der Waals surface area contributed by atoms with E-state index in [1.54, 1.807) is 60.5 Å². The summed E-state index contributed by atoms with van der Waals surface area (Å²) in [5, 5.41) is 35.4. The van der Waals surface area contributed by atoms with Crippen LogP contribution in [0, 0.1) is 113 Å². The van der Waals surface area contributed by atoms with E-state index in [1.165, 1.54) is 139 Å². The molecule has 13 fully saturated rings. The number of fused-ring (bicyclic) bond motifs is 8. The predicted octanol–water partition coefficient (Wildman–Crippen LogP) is 21.5. The molecule has 10 aliphatic carbocycles. The molecule has 17 rings (SSSR count). The molecule has 3 aromatic carbocycles. The van der Waals surface area contributed by atoms with Crippen molar-refractivity contribution in [2.45, 2.75) is 348 Å². The first-order valence-corrected chi connectivity index (χ1v) is 50.7. The van der Waals surface area contributed by atoms with Gasteiger partial charge in [0.2, 0.25) is 0 Å². The monoisotopic (exact) mass is 1880 g/mol. The minimum Gasteiger partial charge on any atom is -1.00 e. The summed E-state index contributed by atoms with van der Waals surface area (Å²) in [6.07, 6.45) is 30.9. The largest absolute Gasteiger partial charge is 1.00 e. The molecule has 4 saturated heterocycles. The van der Waals surface area contributed by atoms with E-state index in [0.717, 1.165) is 94.2 Å². The van der Waals surface area contributed by atoms with Gasteiger partial charge in [-0.25, -0.2) is 0 Å². The molecule has 23 atom stereocenters. The standard InChI is InChI=1S/C23H35N3O3S.C23H34O3S.C17H28O2.2C15H26O2.C8H10O2S.C4H8O.CH3F.Al.Li.4H/c1-21(2)8-7-9-22(3)18(21)13-20(25-26-24)23(4,27)19(22)14-30-17-11-15(28-5)10-16(12-17)29-6;1-21(2)8-7-9-22(3)18(21)13-20-23(4,26-20)19(22)14-27-17-11-15(24-5)10-16(12-17)25-6;1-12-7-8-15-16(3,4)9-6-10-17(15,5)14(12)11-19-13(2)18;2*1-13(2)6-5-7-14(3)10(13)8-12-15(4,17-12)11(14)9-16;1-9-6-3-7(10-2)5-8(11)4-6;1-2-4-5-3-1;1-2;;;;;;/h10-12,18-20,27H,7-9,13-14H2,1-6H3;10-12,18-20H,7-9,13-14H2,1-6H3;7,14-15H,6,8-11H2,1-5H3;2*10-12,16H,5-9H2,1-4H3;3-5,11H,1-2H3;1-4H2;1H3;;;;;;/q;;;;;;;;;+1;;;;-1/t18-,19+,20+,22-,23+;18-,19+,20-,22-,23+;14-,15-,17+;10-,11+,12+,14-,15-;10-,11+,12-,14-,15+;;;;;;;;;/m00000........./s1/i;;;;;;;1D;;;;;;. The third kappa shape index (κ3) is 23.8. The number of carbonyl (C=O) groups excluding carboxylic acids is 1. The average molecular weight is 1880 g/mol. The molecular weight excluding hydrogens is 1700 g/mol. The third-order valence-electron chi connectivity index (χ3n) is 36.4. The van der Waals surface area contributed by atoms with E-state index >= 15 is 0 Å². The van der Waals surface area contributed by atoms with Gasteiger partial charge < -0.3 is 68.9 Å². The Morgan fingerprint density at radius 1 is 0.500 bits per heavy atom. The van der Waals surface area contributed by atoms with Crippen LogP contribution in [0.2, 0.25) is 0 Å². The van der Waals surface area contributed by atoms with Crippen LogP contribution in [-0.2, 0) is 28.5 Å². The molecule has 9 saturated carbocycles. The molecule has 0 unspecified atom stereocenters. The molecule has 0 spiro atoms. The third-order valence-corrected chi connectivity index (χ3v) is 38.8. The fraction of sp³-hybridized carbons (Fsp3) is 0.802. The molecule has 18 nitrogen and oxygen atoms in total. The molecule has 3 N–H and O–H groups in total. The molecule has 14 aliphatic rings. The number of rotatable bonds is 17. The Morgan fingerprint density at radius 2 is 0.808 bits per heavy atom. The molecule has 130 heavy (non-hydrogen) atoms. The van der Waals surface area contributed by atoms with Crippen LogP contribution in [0.25, 0.3) is 10.4 Å². The first-order chi connectivity index (χ1) is 60.4. The van der Waals surface area contributed by atoms with Crippen LogP contribution in [0.3, 0.4) is 0 Å². The number of halogens is 1. The van der Waals surface area contributed by atoms with Crippen LogP contribution in [0.15, 0.2) is 86.0 Å².